The van der Waals surface area contributed by atoms with Crippen LogP contribution < -0.4 is 15.4 Å². The zero-order valence-electron chi connectivity index (χ0n) is 14.8. The van der Waals surface area contributed by atoms with E-state index in [1.54, 1.807) is 18.3 Å². The number of nitrogens with zero attached hydrogens (tertiary/aromatic N) is 2. The van der Waals surface area contributed by atoms with Gasteiger partial charge in [-0.3, -0.25) is 4.98 Å². The molecule has 0 aliphatic heterocycles. The first-order chi connectivity index (χ1) is 12.5. The molecule has 0 fully saturated rings. The number of hydrogen-bond donors (Lipinski definition) is 2. The molecule has 1 aromatic heterocycles. The summed E-state index contributed by atoms with van der Waals surface area (Å²) < 4.78 is 41.1. The molecule has 9 heteroatoms. The SMILES string of the molecule is CCNC(=NCc1ccc(OCC(F)(F)F)cc1)NCc1ccccn1.I. The van der Waals surface area contributed by atoms with E-state index in [0.29, 0.717) is 25.6 Å². The monoisotopic (exact) mass is 494 g/mol. The lowest BCUT2D eigenvalue weighted by molar-refractivity contribution is -0.153. The zero-order chi connectivity index (χ0) is 18.8. The summed E-state index contributed by atoms with van der Waals surface area (Å²) in [5.41, 5.74) is 1.75. The average Bonchev–Trinajstić information content (AvgIpc) is 2.63. The maximum absolute atomic E-state index is 12.1. The highest BCUT2D eigenvalue weighted by Crippen LogP contribution is 2.19. The van der Waals surface area contributed by atoms with Crippen LogP contribution in [-0.2, 0) is 13.1 Å². The summed E-state index contributed by atoms with van der Waals surface area (Å²) in [5.74, 6) is 0.811. The number of benzene rings is 1. The molecule has 1 heterocycles. The minimum absolute atomic E-state index is 0. The summed E-state index contributed by atoms with van der Waals surface area (Å²) in [6, 6.07) is 12.1. The lowest BCUT2D eigenvalue weighted by atomic mass is 10.2. The molecule has 1 aromatic carbocycles. The van der Waals surface area contributed by atoms with Crippen molar-refractivity contribution < 1.29 is 17.9 Å². The molecule has 2 rings (SSSR count). The summed E-state index contributed by atoms with van der Waals surface area (Å²) in [7, 11) is 0. The van der Waals surface area contributed by atoms with E-state index in [9.17, 15) is 13.2 Å². The van der Waals surface area contributed by atoms with Crippen LogP contribution in [0.15, 0.2) is 53.7 Å². The van der Waals surface area contributed by atoms with Crippen molar-refractivity contribution in [1.82, 2.24) is 15.6 Å². The molecule has 2 aromatic rings. The van der Waals surface area contributed by atoms with Crippen LogP contribution in [0.5, 0.6) is 5.75 Å². The molecular weight excluding hydrogens is 472 g/mol. The minimum atomic E-state index is -4.34. The number of guanidine groups is 1. The van der Waals surface area contributed by atoms with E-state index in [2.05, 4.69) is 25.3 Å². The quantitative estimate of drug-likeness (QED) is 0.349. The first-order valence-electron chi connectivity index (χ1n) is 8.17. The van der Waals surface area contributed by atoms with E-state index < -0.39 is 12.8 Å². The molecule has 0 bridgehead atoms. The third kappa shape index (κ3) is 9.45. The topological polar surface area (TPSA) is 58.5 Å². The van der Waals surface area contributed by atoms with Gasteiger partial charge in [0.1, 0.15) is 5.75 Å². The Morgan fingerprint density at radius 3 is 2.44 bits per heavy atom. The molecule has 0 spiro atoms. The Kier molecular flexibility index (Phi) is 9.90. The summed E-state index contributed by atoms with van der Waals surface area (Å²) in [6.45, 7) is 2.30. The highest BCUT2D eigenvalue weighted by Gasteiger charge is 2.28. The lowest BCUT2D eigenvalue weighted by Gasteiger charge is -2.11. The van der Waals surface area contributed by atoms with Gasteiger partial charge in [-0.1, -0.05) is 18.2 Å². The molecule has 0 saturated carbocycles. The highest BCUT2D eigenvalue weighted by atomic mass is 127. The predicted octanol–water partition coefficient (Wildman–Crippen LogP) is 3.90. The van der Waals surface area contributed by atoms with Gasteiger partial charge in [0.2, 0.25) is 0 Å². The van der Waals surface area contributed by atoms with Crippen molar-refractivity contribution in [2.24, 2.45) is 4.99 Å². The Hall–Kier alpha value is -2.04. The maximum Gasteiger partial charge on any atom is 0.422 e. The largest absolute Gasteiger partial charge is 0.484 e. The number of nitrogens with one attached hydrogen (secondary N) is 2. The lowest BCUT2D eigenvalue weighted by Crippen LogP contribution is -2.36. The van der Waals surface area contributed by atoms with Crippen LogP contribution >= 0.6 is 24.0 Å². The predicted molar refractivity (Wildman–Crippen MR) is 109 cm³/mol. The number of alkyl halides is 3. The normalized spacial score (nSPS) is 11.5. The van der Waals surface area contributed by atoms with Gasteiger partial charge in [0.15, 0.2) is 12.6 Å². The molecule has 0 amide bonds. The average molecular weight is 494 g/mol. The summed E-state index contributed by atoms with van der Waals surface area (Å²) in [5, 5.41) is 6.32. The van der Waals surface area contributed by atoms with Crippen LogP contribution in [0.1, 0.15) is 18.2 Å². The maximum atomic E-state index is 12.1. The Morgan fingerprint density at radius 2 is 1.85 bits per heavy atom. The number of hydrogen-bond acceptors (Lipinski definition) is 3. The van der Waals surface area contributed by atoms with Crippen molar-refractivity contribution in [3.05, 3.63) is 59.9 Å². The van der Waals surface area contributed by atoms with Crippen LogP contribution in [0.4, 0.5) is 13.2 Å². The summed E-state index contributed by atoms with van der Waals surface area (Å²) in [4.78, 5) is 8.69. The Bertz CT molecular complexity index is 694. The van der Waals surface area contributed by atoms with Crippen LogP contribution in [0.25, 0.3) is 0 Å². The smallest absolute Gasteiger partial charge is 0.422 e. The third-order valence-electron chi connectivity index (χ3n) is 3.25. The molecule has 2 N–H and O–H groups in total. The molecule has 0 aliphatic carbocycles. The number of aromatic nitrogens is 1. The van der Waals surface area contributed by atoms with Crippen LogP contribution in [-0.4, -0.2) is 30.3 Å². The number of pyridine rings is 1. The van der Waals surface area contributed by atoms with Crippen LogP contribution in [0.2, 0.25) is 0 Å². The second kappa shape index (κ2) is 11.6. The van der Waals surface area contributed by atoms with Crippen molar-refractivity contribution in [3.8, 4) is 5.75 Å². The van der Waals surface area contributed by atoms with Gasteiger partial charge in [-0.15, -0.1) is 24.0 Å². The second-order valence-electron chi connectivity index (χ2n) is 5.42. The van der Waals surface area contributed by atoms with Crippen molar-refractivity contribution in [3.63, 3.8) is 0 Å². The number of ether oxygens (including phenoxy) is 1. The third-order valence-corrected chi connectivity index (χ3v) is 3.25. The fraction of sp³-hybridized carbons (Fsp3) is 0.333. The van der Waals surface area contributed by atoms with Crippen molar-refractivity contribution in [2.75, 3.05) is 13.2 Å². The number of aliphatic imine (C=N–C) groups is 1. The van der Waals surface area contributed by atoms with Crippen molar-refractivity contribution in [2.45, 2.75) is 26.2 Å². The molecule has 0 unspecified atom stereocenters. The van der Waals surface area contributed by atoms with Gasteiger partial charge in [-0.2, -0.15) is 13.2 Å². The van der Waals surface area contributed by atoms with Gasteiger partial charge in [-0.25, -0.2) is 4.99 Å². The standard InChI is InChI=1S/C18H21F3N4O.HI/c1-2-22-17(25-12-15-5-3-4-10-23-15)24-11-14-6-8-16(9-7-14)26-13-18(19,20)21;/h3-10H,2,11-13H2,1H3,(H2,22,24,25);1H. The molecular formula is C18H22F3IN4O. The minimum Gasteiger partial charge on any atom is -0.484 e. The zero-order valence-corrected chi connectivity index (χ0v) is 17.1. The summed E-state index contributed by atoms with van der Waals surface area (Å²) >= 11 is 0. The highest BCUT2D eigenvalue weighted by molar-refractivity contribution is 14.0. The van der Waals surface area contributed by atoms with Gasteiger partial charge < -0.3 is 15.4 Å². The molecule has 148 valence electrons. The van der Waals surface area contributed by atoms with E-state index in [4.69, 9.17) is 0 Å². The Labute approximate surface area is 173 Å². The number of halogens is 4. The van der Waals surface area contributed by atoms with Crippen molar-refractivity contribution >= 4 is 29.9 Å². The molecule has 0 atom stereocenters. The van der Waals surface area contributed by atoms with E-state index in [1.165, 1.54) is 12.1 Å². The van der Waals surface area contributed by atoms with Crippen LogP contribution in [0.3, 0.4) is 0 Å². The molecule has 0 saturated heterocycles. The Balaban J connectivity index is 0.00000364. The second-order valence-corrected chi connectivity index (χ2v) is 5.42. The van der Waals surface area contributed by atoms with Gasteiger partial charge in [0, 0.05) is 12.7 Å². The van der Waals surface area contributed by atoms with Crippen molar-refractivity contribution in [1.29, 1.82) is 0 Å². The molecule has 5 nitrogen and oxygen atoms in total. The fourth-order valence-electron chi connectivity index (χ4n) is 2.05. The van der Waals surface area contributed by atoms with Gasteiger partial charge >= 0.3 is 6.18 Å². The Morgan fingerprint density at radius 1 is 1.11 bits per heavy atom. The van der Waals surface area contributed by atoms with Gasteiger partial charge in [0.25, 0.3) is 0 Å². The van der Waals surface area contributed by atoms with Gasteiger partial charge in [0.05, 0.1) is 18.8 Å². The summed E-state index contributed by atoms with van der Waals surface area (Å²) in [6.07, 6.45) is -2.62. The molecule has 0 radical (unpaired) electrons. The number of rotatable bonds is 7. The molecule has 0 aliphatic rings. The van der Waals surface area contributed by atoms with Gasteiger partial charge in [-0.05, 0) is 36.8 Å². The van der Waals surface area contributed by atoms with Crippen LogP contribution in [0, 0.1) is 0 Å². The first kappa shape index (κ1) is 23.0. The van der Waals surface area contributed by atoms with E-state index in [1.807, 2.05) is 25.1 Å². The molecule has 27 heavy (non-hydrogen) atoms. The fourth-order valence-corrected chi connectivity index (χ4v) is 2.05. The van der Waals surface area contributed by atoms with E-state index in [-0.39, 0.29) is 29.7 Å². The van der Waals surface area contributed by atoms with E-state index in [0.717, 1.165) is 11.3 Å². The first-order valence-corrected chi connectivity index (χ1v) is 8.17. The van der Waals surface area contributed by atoms with E-state index >= 15 is 0 Å².